The molecule has 0 radical (unpaired) electrons. The zero-order valence-electron chi connectivity index (χ0n) is 11.1. The first-order valence-electron chi connectivity index (χ1n) is 6.56. The molecular weight excluding hydrogens is 258 g/mol. The smallest absolute Gasteiger partial charge is 0.359 e. The minimum atomic E-state index is -0.501. The third-order valence-corrected chi connectivity index (χ3v) is 3.69. The number of hydrogen-bond donors (Lipinski definition) is 2. The normalized spacial score (nSPS) is 14.8. The van der Waals surface area contributed by atoms with E-state index < -0.39 is 5.97 Å². The van der Waals surface area contributed by atoms with E-state index in [1.807, 2.05) is 0 Å². The number of rotatable bonds is 3. The fraction of sp³-hybridized carbons (Fsp3) is 0.357. The standard InChI is InChI=1S/C14H15N3O3/c1-20-14(19)12-10-7-9(5-6-11(10)16-17-12)15-13(18)8-3-2-4-8/h5-8H,2-4H2,1H3,(H,15,18)(H,16,17). The number of fused-ring (bicyclic) bond motifs is 1. The van der Waals surface area contributed by atoms with E-state index in [4.69, 9.17) is 0 Å². The Kier molecular flexibility index (Phi) is 3.14. The molecule has 3 rings (SSSR count). The second-order valence-corrected chi connectivity index (χ2v) is 4.94. The highest BCUT2D eigenvalue weighted by Crippen LogP contribution is 2.28. The van der Waals surface area contributed by atoms with E-state index in [-0.39, 0.29) is 17.5 Å². The summed E-state index contributed by atoms with van der Waals surface area (Å²) in [6, 6.07) is 5.31. The Labute approximate surface area is 115 Å². The van der Waals surface area contributed by atoms with Crippen LogP contribution in [0.15, 0.2) is 18.2 Å². The first-order valence-corrected chi connectivity index (χ1v) is 6.56. The summed E-state index contributed by atoms with van der Waals surface area (Å²) in [6.07, 6.45) is 3.02. The number of hydrogen-bond acceptors (Lipinski definition) is 4. The SMILES string of the molecule is COC(=O)c1n[nH]c2ccc(NC(=O)C3CCC3)cc12. The minimum absolute atomic E-state index is 0.0405. The van der Waals surface area contributed by atoms with Crippen LogP contribution in [0.3, 0.4) is 0 Å². The van der Waals surface area contributed by atoms with Crippen molar-refractivity contribution in [1.82, 2.24) is 10.2 Å². The Hall–Kier alpha value is -2.37. The number of esters is 1. The van der Waals surface area contributed by atoms with Gasteiger partial charge in [-0.2, -0.15) is 5.10 Å². The van der Waals surface area contributed by atoms with Gasteiger partial charge in [0.2, 0.25) is 5.91 Å². The number of aromatic amines is 1. The highest BCUT2D eigenvalue weighted by Gasteiger charge is 2.25. The van der Waals surface area contributed by atoms with Crippen LogP contribution in [-0.2, 0) is 9.53 Å². The van der Waals surface area contributed by atoms with Gasteiger partial charge in [0.15, 0.2) is 5.69 Å². The van der Waals surface area contributed by atoms with Crippen LogP contribution in [0.1, 0.15) is 29.8 Å². The van der Waals surface area contributed by atoms with Crippen LogP contribution in [0.25, 0.3) is 10.9 Å². The molecule has 6 heteroatoms. The Morgan fingerprint density at radius 3 is 2.85 bits per heavy atom. The number of benzene rings is 1. The molecule has 0 saturated heterocycles. The zero-order valence-corrected chi connectivity index (χ0v) is 11.1. The number of carbonyl (C=O) groups excluding carboxylic acids is 2. The van der Waals surface area contributed by atoms with Gasteiger partial charge in [-0.3, -0.25) is 9.89 Å². The maximum absolute atomic E-state index is 11.9. The third kappa shape index (κ3) is 2.13. The van der Waals surface area contributed by atoms with Gasteiger partial charge in [-0.1, -0.05) is 6.42 Å². The molecule has 1 amide bonds. The van der Waals surface area contributed by atoms with Crippen LogP contribution in [0.2, 0.25) is 0 Å². The highest BCUT2D eigenvalue weighted by atomic mass is 16.5. The Balaban J connectivity index is 1.88. The lowest BCUT2D eigenvalue weighted by Crippen LogP contribution is -2.27. The van der Waals surface area contributed by atoms with Gasteiger partial charge in [-0.25, -0.2) is 4.79 Å². The Morgan fingerprint density at radius 2 is 2.20 bits per heavy atom. The summed E-state index contributed by atoms with van der Waals surface area (Å²) in [5, 5.41) is 10.2. The number of amides is 1. The van der Waals surface area contributed by atoms with Crippen LogP contribution in [0, 0.1) is 5.92 Å². The molecule has 0 spiro atoms. The molecule has 0 bridgehead atoms. The zero-order chi connectivity index (χ0) is 14.1. The predicted octanol–water partition coefficient (Wildman–Crippen LogP) is 2.09. The largest absolute Gasteiger partial charge is 0.464 e. The fourth-order valence-corrected chi connectivity index (χ4v) is 2.26. The number of nitrogens with one attached hydrogen (secondary N) is 2. The van der Waals surface area contributed by atoms with E-state index >= 15 is 0 Å². The summed E-state index contributed by atoms with van der Waals surface area (Å²) in [7, 11) is 1.31. The fourth-order valence-electron chi connectivity index (χ4n) is 2.26. The van der Waals surface area contributed by atoms with Gasteiger partial charge < -0.3 is 10.1 Å². The van der Waals surface area contributed by atoms with Gasteiger partial charge in [-0.05, 0) is 31.0 Å². The molecule has 1 aromatic heterocycles. The van der Waals surface area contributed by atoms with Crippen molar-refractivity contribution in [1.29, 1.82) is 0 Å². The molecule has 1 aliphatic carbocycles. The first-order chi connectivity index (χ1) is 9.69. The number of ether oxygens (including phenoxy) is 1. The molecule has 1 aromatic carbocycles. The van der Waals surface area contributed by atoms with Crippen LogP contribution >= 0.6 is 0 Å². The maximum Gasteiger partial charge on any atom is 0.359 e. The molecule has 2 N–H and O–H groups in total. The van der Waals surface area contributed by atoms with Gasteiger partial charge in [0.1, 0.15) is 0 Å². The van der Waals surface area contributed by atoms with Gasteiger partial charge in [-0.15, -0.1) is 0 Å². The monoisotopic (exact) mass is 273 g/mol. The van der Waals surface area contributed by atoms with E-state index in [2.05, 4.69) is 20.3 Å². The van der Waals surface area contributed by atoms with Gasteiger partial charge in [0.25, 0.3) is 0 Å². The van der Waals surface area contributed by atoms with Crippen molar-refractivity contribution in [3.8, 4) is 0 Å². The number of methoxy groups -OCH3 is 1. The van der Waals surface area contributed by atoms with E-state index in [9.17, 15) is 9.59 Å². The van der Waals surface area contributed by atoms with Crippen LogP contribution in [0.4, 0.5) is 5.69 Å². The molecule has 1 saturated carbocycles. The van der Waals surface area contributed by atoms with Crippen molar-refractivity contribution >= 4 is 28.5 Å². The van der Waals surface area contributed by atoms with Crippen molar-refractivity contribution in [3.63, 3.8) is 0 Å². The van der Waals surface area contributed by atoms with Crippen LogP contribution in [-0.4, -0.2) is 29.2 Å². The lowest BCUT2D eigenvalue weighted by molar-refractivity contribution is -0.122. The van der Waals surface area contributed by atoms with Crippen molar-refractivity contribution in [2.45, 2.75) is 19.3 Å². The molecule has 20 heavy (non-hydrogen) atoms. The predicted molar refractivity (Wildman–Crippen MR) is 73.4 cm³/mol. The molecule has 1 aliphatic rings. The highest BCUT2D eigenvalue weighted by molar-refractivity contribution is 6.04. The summed E-state index contributed by atoms with van der Waals surface area (Å²) in [5.41, 5.74) is 1.62. The van der Waals surface area contributed by atoms with Gasteiger partial charge in [0, 0.05) is 17.0 Å². The van der Waals surface area contributed by atoms with Crippen molar-refractivity contribution in [2.24, 2.45) is 5.92 Å². The van der Waals surface area contributed by atoms with Crippen molar-refractivity contribution in [3.05, 3.63) is 23.9 Å². The molecule has 2 aromatic rings. The Morgan fingerprint density at radius 1 is 1.40 bits per heavy atom. The average molecular weight is 273 g/mol. The third-order valence-electron chi connectivity index (χ3n) is 3.69. The molecule has 0 aliphatic heterocycles. The van der Waals surface area contributed by atoms with Gasteiger partial charge in [0.05, 0.1) is 12.6 Å². The van der Waals surface area contributed by atoms with E-state index in [0.29, 0.717) is 11.1 Å². The van der Waals surface area contributed by atoms with Crippen molar-refractivity contribution < 1.29 is 14.3 Å². The van der Waals surface area contributed by atoms with Crippen LogP contribution in [0.5, 0.6) is 0 Å². The Bertz CT molecular complexity index is 673. The topological polar surface area (TPSA) is 84.1 Å². The lowest BCUT2D eigenvalue weighted by Gasteiger charge is -2.24. The second kappa shape index (κ2) is 4.96. The second-order valence-electron chi connectivity index (χ2n) is 4.94. The molecule has 1 fully saturated rings. The summed E-state index contributed by atoms with van der Waals surface area (Å²) in [5.74, 6) is -0.340. The minimum Gasteiger partial charge on any atom is -0.464 e. The number of nitrogens with zero attached hydrogens (tertiary/aromatic N) is 1. The summed E-state index contributed by atoms with van der Waals surface area (Å²) in [4.78, 5) is 23.5. The average Bonchev–Trinajstić information content (AvgIpc) is 2.78. The quantitative estimate of drug-likeness (QED) is 0.839. The summed E-state index contributed by atoms with van der Waals surface area (Å²) >= 11 is 0. The number of H-pyrrole nitrogens is 1. The van der Waals surface area contributed by atoms with Gasteiger partial charge >= 0.3 is 5.97 Å². The first kappa shape index (κ1) is 12.7. The van der Waals surface area contributed by atoms with Crippen LogP contribution < -0.4 is 5.32 Å². The number of carbonyl (C=O) groups is 2. The lowest BCUT2D eigenvalue weighted by atomic mass is 9.85. The molecule has 1 heterocycles. The van der Waals surface area contributed by atoms with E-state index in [0.717, 1.165) is 24.8 Å². The number of anilines is 1. The molecule has 104 valence electrons. The van der Waals surface area contributed by atoms with Crippen molar-refractivity contribution in [2.75, 3.05) is 12.4 Å². The summed E-state index contributed by atoms with van der Waals surface area (Å²) in [6.45, 7) is 0. The summed E-state index contributed by atoms with van der Waals surface area (Å²) < 4.78 is 4.68. The molecular formula is C14H15N3O3. The molecule has 6 nitrogen and oxygen atoms in total. The van der Waals surface area contributed by atoms with E-state index in [1.165, 1.54) is 7.11 Å². The molecule has 0 atom stereocenters. The number of aromatic nitrogens is 2. The molecule has 0 unspecified atom stereocenters. The van der Waals surface area contributed by atoms with E-state index in [1.54, 1.807) is 18.2 Å². The maximum atomic E-state index is 11.9.